The zero-order valence-corrected chi connectivity index (χ0v) is 8.38. The maximum Gasteiger partial charge on any atom is 0.236 e. The molecule has 0 aromatic heterocycles. The number of nitrogens with zero attached hydrogens (tertiary/aromatic N) is 1. The molecule has 1 amide bonds. The topological polar surface area (TPSA) is 41.6 Å². The van der Waals surface area contributed by atoms with Crippen molar-refractivity contribution in [3.8, 4) is 0 Å². The Morgan fingerprint density at radius 2 is 2.46 bits per heavy atom. The smallest absolute Gasteiger partial charge is 0.236 e. The highest BCUT2D eigenvalue weighted by atomic mass is 16.5. The summed E-state index contributed by atoms with van der Waals surface area (Å²) in [5.41, 5.74) is 0. The zero-order chi connectivity index (χ0) is 9.68. The second-order valence-electron chi connectivity index (χ2n) is 3.42. The monoisotopic (exact) mass is 186 g/mol. The molecule has 4 nitrogen and oxygen atoms in total. The molecule has 13 heavy (non-hydrogen) atoms. The SMILES string of the molecule is COC(C)CN1CCCNCC1=O. The summed E-state index contributed by atoms with van der Waals surface area (Å²) < 4.78 is 5.13. The van der Waals surface area contributed by atoms with Crippen LogP contribution in [0.25, 0.3) is 0 Å². The van der Waals surface area contributed by atoms with Crippen LogP contribution in [0.15, 0.2) is 0 Å². The summed E-state index contributed by atoms with van der Waals surface area (Å²) in [4.78, 5) is 13.3. The largest absolute Gasteiger partial charge is 0.380 e. The molecule has 0 radical (unpaired) electrons. The number of carbonyl (C=O) groups excluding carboxylic acids is 1. The van der Waals surface area contributed by atoms with Crippen LogP contribution >= 0.6 is 0 Å². The van der Waals surface area contributed by atoms with Crippen LogP contribution in [0, 0.1) is 0 Å². The fourth-order valence-electron chi connectivity index (χ4n) is 1.40. The summed E-state index contributed by atoms with van der Waals surface area (Å²) in [7, 11) is 1.67. The Kier molecular flexibility index (Phi) is 4.18. The number of methoxy groups -OCH3 is 1. The van der Waals surface area contributed by atoms with Gasteiger partial charge in [0.15, 0.2) is 0 Å². The van der Waals surface area contributed by atoms with Crippen molar-refractivity contribution >= 4 is 5.91 Å². The van der Waals surface area contributed by atoms with Gasteiger partial charge in [0.05, 0.1) is 12.6 Å². The Bertz CT molecular complexity index is 173. The second-order valence-corrected chi connectivity index (χ2v) is 3.42. The van der Waals surface area contributed by atoms with Gasteiger partial charge in [0.1, 0.15) is 0 Å². The number of ether oxygens (including phenoxy) is 1. The summed E-state index contributed by atoms with van der Waals surface area (Å²) in [5.74, 6) is 0.182. The Morgan fingerprint density at radius 1 is 1.69 bits per heavy atom. The van der Waals surface area contributed by atoms with E-state index in [-0.39, 0.29) is 12.0 Å². The average Bonchev–Trinajstić information content (AvgIpc) is 2.32. The minimum atomic E-state index is 0.127. The van der Waals surface area contributed by atoms with E-state index in [2.05, 4.69) is 5.32 Å². The maximum absolute atomic E-state index is 11.5. The van der Waals surface area contributed by atoms with Crippen molar-refractivity contribution in [2.24, 2.45) is 0 Å². The fraction of sp³-hybridized carbons (Fsp3) is 0.889. The van der Waals surface area contributed by atoms with Crippen LogP contribution in [0.4, 0.5) is 0 Å². The van der Waals surface area contributed by atoms with Gasteiger partial charge in [-0.15, -0.1) is 0 Å². The van der Waals surface area contributed by atoms with Gasteiger partial charge in [0.2, 0.25) is 5.91 Å². The quantitative estimate of drug-likeness (QED) is 0.666. The van der Waals surface area contributed by atoms with Gasteiger partial charge in [0.25, 0.3) is 0 Å². The predicted molar refractivity (Wildman–Crippen MR) is 50.5 cm³/mol. The van der Waals surface area contributed by atoms with Crippen LogP contribution < -0.4 is 5.32 Å². The first-order chi connectivity index (χ1) is 6.24. The van der Waals surface area contributed by atoms with Crippen LogP contribution in [0.5, 0.6) is 0 Å². The first-order valence-corrected chi connectivity index (χ1v) is 4.75. The van der Waals surface area contributed by atoms with Crippen LogP contribution in [0.1, 0.15) is 13.3 Å². The van der Waals surface area contributed by atoms with Gasteiger partial charge < -0.3 is 15.0 Å². The Balaban J connectivity index is 2.40. The summed E-state index contributed by atoms with van der Waals surface area (Å²) >= 11 is 0. The third kappa shape index (κ3) is 3.32. The van der Waals surface area contributed by atoms with Gasteiger partial charge >= 0.3 is 0 Å². The normalized spacial score (nSPS) is 21.4. The van der Waals surface area contributed by atoms with Gasteiger partial charge in [-0.1, -0.05) is 0 Å². The summed E-state index contributed by atoms with van der Waals surface area (Å²) in [6, 6.07) is 0. The lowest BCUT2D eigenvalue weighted by Gasteiger charge is -2.23. The molecule has 0 aliphatic carbocycles. The van der Waals surface area contributed by atoms with E-state index in [1.165, 1.54) is 0 Å². The van der Waals surface area contributed by atoms with E-state index in [0.29, 0.717) is 13.1 Å². The molecule has 1 heterocycles. The summed E-state index contributed by atoms with van der Waals surface area (Å²) in [6.45, 7) is 4.93. The highest BCUT2D eigenvalue weighted by Gasteiger charge is 2.17. The first-order valence-electron chi connectivity index (χ1n) is 4.75. The number of hydrogen-bond donors (Lipinski definition) is 1. The van der Waals surface area contributed by atoms with Crippen LogP contribution in [-0.4, -0.2) is 50.2 Å². The number of amides is 1. The lowest BCUT2D eigenvalue weighted by Crippen LogP contribution is -2.39. The molecule has 1 fully saturated rings. The molecule has 1 aliphatic heterocycles. The molecule has 1 unspecified atom stereocenters. The predicted octanol–water partition coefficient (Wildman–Crippen LogP) is -0.157. The standard InChI is InChI=1S/C9H18N2O2/c1-8(13-2)7-11-5-3-4-10-6-9(11)12/h8,10H,3-7H2,1-2H3. The van der Waals surface area contributed by atoms with Gasteiger partial charge in [-0.25, -0.2) is 0 Å². The van der Waals surface area contributed by atoms with E-state index >= 15 is 0 Å². The Morgan fingerprint density at radius 3 is 3.15 bits per heavy atom. The number of hydrogen-bond acceptors (Lipinski definition) is 3. The van der Waals surface area contributed by atoms with Gasteiger partial charge in [0, 0.05) is 20.2 Å². The molecule has 0 saturated carbocycles. The molecule has 0 aromatic rings. The summed E-state index contributed by atoms with van der Waals surface area (Å²) in [6.07, 6.45) is 1.16. The maximum atomic E-state index is 11.5. The molecule has 1 rings (SSSR count). The van der Waals surface area contributed by atoms with Crippen molar-refractivity contribution in [2.45, 2.75) is 19.4 Å². The van der Waals surface area contributed by atoms with E-state index in [4.69, 9.17) is 4.74 Å². The molecule has 0 aromatic carbocycles. The third-order valence-electron chi connectivity index (χ3n) is 2.29. The molecule has 1 aliphatic rings. The van der Waals surface area contributed by atoms with E-state index < -0.39 is 0 Å². The zero-order valence-electron chi connectivity index (χ0n) is 8.38. The van der Waals surface area contributed by atoms with Crippen LogP contribution in [0.2, 0.25) is 0 Å². The molecule has 76 valence electrons. The molecule has 1 atom stereocenters. The van der Waals surface area contributed by atoms with Gasteiger partial charge in [-0.2, -0.15) is 0 Å². The van der Waals surface area contributed by atoms with Crippen molar-refractivity contribution in [1.29, 1.82) is 0 Å². The second kappa shape index (κ2) is 5.19. The molecule has 0 bridgehead atoms. The van der Waals surface area contributed by atoms with Gasteiger partial charge in [-0.05, 0) is 19.9 Å². The lowest BCUT2D eigenvalue weighted by atomic mass is 10.3. The summed E-state index contributed by atoms with van der Waals surface area (Å²) in [5, 5.41) is 3.09. The number of carbonyl (C=O) groups is 1. The number of rotatable bonds is 3. The minimum Gasteiger partial charge on any atom is -0.380 e. The Labute approximate surface area is 79.2 Å². The van der Waals surface area contributed by atoms with Crippen LogP contribution in [0.3, 0.4) is 0 Å². The average molecular weight is 186 g/mol. The lowest BCUT2D eigenvalue weighted by molar-refractivity contribution is -0.131. The molecule has 1 saturated heterocycles. The molecule has 1 N–H and O–H groups in total. The van der Waals surface area contributed by atoms with E-state index in [1.807, 2.05) is 11.8 Å². The van der Waals surface area contributed by atoms with Crippen molar-refractivity contribution < 1.29 is 9.53 Å². The van der Waals surface area contributed by atoms with Gasteiger partial charge in [-0.3, -0.25) is 4.79 Å². The van der Waals surface area contributed by atoms with Crippen molar-refractivity contribution in [3.63, 3.8) is 0 Å². The molecular weight excluding hydrogens is 168 g/mol. The van der Waals surface area contributed by atoms with Crippen molar-refractivity contribution in [2.75, 3.05) is 33.3 Å². The highest BCUT2D eigenvalue weighted by Crippen LogP contribution is 2.00. The van der Waals surface area contributed by atoms with Crippen molar-refractivity contribution in [3.05, 3.63) is 0 Å². The number of nitrogens with one attached hydrogen (secondary N) is 1. The van der Waals surface area contributed by atoms with E-state index in [0.717, 1.165) is 19.5 Å². The third-order valence-corrected chi connectivity index (χ3v) is 2.29. The minimum absolute atomic E-state index is 0.127. The van der Waals surface area contributed by atoms with E-state index in [1.54, 1.807) is 7.11 Å². The molecule has 4 heteroatoms. The van der Waals surface area contributed by atoms with E-state index in [9.17, 15) is 4.79 Å². The fourth-order valence-corrected chi connectivity index (χ4v) is 1.40. The molecular formula is C9H18N2O2. The molecule has 0 spiro atoms. The van der Waals surface area contributed by atoms with Crippen molar-refractivity contribution in [1.82, 2.24) is 10.2 Å². The first kappa shape index (κ1) is 10.5. The van der Waals surface area contributed by atoms with Crippen LogP contribution in [-0.2, 0) is 9.53 Å². The Hall–Kier alpha value is -0.610. The highest BCUT2D eigenvalue weighted by molar-refractivity contribution is 5.78.